The number of benzene rings is 1. The Bertz CT molecular complexity index is 557. The summed E-state index contributed by atoms with van der Waals surface area (Å²) in [6, 6.07) is 6.24. The van der Waals surface area contributed by atoms with Crippen LogP contribution in [0.5, 0.6) is 0 Å². The molecule has 88 valence electrons. The predicted molar refractivity (Wildman–Crippen MR) is 62.5 cm³/mol. The molecular formula is C12H12FN3O. The Morgan fingerprint density at radius 3 is 2.71 bits per heavy atom. The lowest BCUT2D eigenvalue weighted by molar-refractivity contribution is 0.276. The molecular weight excluding hydrogens is 221 g/mol. The fraction of sp³-hybridized carbons (Fsp3) is 0.167. The maximum atomic E-state index is 13.6. The molecule has 0 spiro atoms. The second-order valence-electron chi connectivity index (χ2n) is 3.77. The Morgan fingerprint density at radius 1 is 1.29 bits per heavy atom. The fourth-order valence-electron chi connectivity index (χ4n) is 1.52. The summed E-state index contributed by atoms with van der Waals surface area (Å²) in [5.41, 5.74) is 7.91. The zero-order chi connectivity index (χ0) is 12.4. The Kier molecular flexibility index (Phi) is 3.01. The molecule has 0 atom stereocenters. The standard InChI is InChI=1S/C12H12FN3O/c1-7-2-3-9(13)8(4-7)11-5-10(14)12(6-17)16-15-11/h2-5,17H,6H2,1H3,(H2,14,15). The summed E-state index contributed by atoms with van der Waals surface area (Å²) in [7, 11) is 0. The molecule has 0 fully saturated rings. The van der Waals surface area contributed by atoms with Crippen LogP contribution in [0.15, 0.2) is 24.3 Å². The molecule has 2 aromatic rings. The van der Waals surface area contributed by atoms with E-state index in [-0.39, 0.29) is 12.4 Å². The van der Waals surface area contributed by atoms with Crippen molar-refractivity contribution in [2.24, 2.45) is 0 Å². The summed E-state index contributed by atoms with van der Waals surface area (Å²) in [6.45, 7) is 1.58. The number of halogens is 1. The summed E-state index contributed by atoms with van der Waals surface area (Å²) in [4.78, 5) is 0. The van der Waals surface area contributed by atoms with Gasteiger partial charge in [0.2, 0.25) is 0 Å². The van der Waals surface area contributed by atoms with Crippen LogP contribution in [0.3, 0.4) is 0 Å². The van der Waals surface area contributed by atoms with Crippen LogP contribution >= 0.6 is 0 Å². The van der Waals surface area contributed by atoms with Gasteiger partial charge in [-0.15, -0.1) is 5.10 Å². The van der Waals surface area contributed by atoms with Crippen LogP contribution < -0.4 is 5.73 Å². The van der Waals surface area contributed by atoms with Gasteiger partial charge in [-0.25, -0.2) is 4.39 Å². The third-order valence-electron chi connectivity index (χ3n) is 2.45. The van der Waals surface area contributed by atoms with Crippen LogP contribution in [-0.4, -0.2) is 15.3 Å². The summed E-state index contributed by atoms with van der Waals surface area (Å²) >= 11 is 0. The van der Waals surface area contributed by atoms with Crippen LogP contribution in [0.2, 0.25) is 0 Å². The normalized spacial score (nSPS) is 10.5. The van der Waals surface area contributed by atoms with E-state index in [1.165, 1.54) is 12.1 Å². The number of rotatable bonds is 2. The van der Waals surface area contributed by atoms with Crippen molar-refractivity contribution in [3.8, 4) is 11.3 Å². The minimum absolute atomic E-state index is 0.282. The van der Waals surface area contributed by atoms with Crippen molar-refractivity contribution < 1.29 is 9.50 Å². The van der Waals surface area contributed by atoms with E-state index < -0.39 is 0 Å². The van der Waals surface area contributed by atoms with E-state index in [0.717, 1.165) is 5.56 Å². The first-order valence-electron chi connectivity index (χ1n) is 5.11. The molecule has 0 unspecified atom stereocenters. The van der Waals surface area contributed by atoms with Gasteiger partial charge in [0.05, 0.1) is 18.0 Å². The number of aliphatic hydroxyl groups is 1. The maximum absolute atomic E-state index is 13.6. The van der Waals surface area contributed by atoms with Gasteiger partial charge in [0.1, 0.15) is 11.5 Å². The maximum Gasteiger partial charge on any atom is 0.132 e. The van der Waals surface area contributed by atoms with E-state index in [9.17, 15) is 4.39 Å². The molecule has 0 amide bonds. The highest BCUT2D eigenvalue weighted by Crippen LogP contribution is 2.23. The number of nitrogens with zero attached hydrogens (tertiary/aromatic N) is 2. The van der Waals surface area contributed by atoms with E-state index in [1.54, 1.807) is 12.1 Å². The SMILES string of the molecule is Cc1ccc(F)c(-c2cc(N)c(CO)nn2)c1. The lowest BCUT2D eigenvalue weighted by Gasteiger charge is -2.06. The Balaban J connectivity index is 2.53. The molecule has 0 aliphatic rings. The van der Waals surface area contributed by atoms with Crippen LogP contribution in [0.4, 0.5) is 10.1 Å². The van der Waals surface area contributed by atoms with Crippen molar-refractivity contribution in [3.63, 3.8) is 0 Å². The van der Waals surface area contributed by atoms with Crippen molar-refractivity contribution in [2.45, 2.75) is 13.5 Å². The monoisotopic (exact) mass is 233 g/mol. The first kappa shape index (κ1) is 11.5. The molecule has 0 saturated carbocycles. The van der Waals surface area contributed by atoms with Gasteiger partial charge in [0.15, 0.2) is 0 Å². The number of aryl methyl sites for hydroxylation is 1. The Labute approximate surface area is 97.9 Å². The van der Waals surface area contributed by atoms with Gasteiger partial charge in [0, 0.05) is 5.56 Å². The third kappa shape index (κ3) is 2.24. The topological polar surface area (TPSA) is 72.0 Å². The second kappa shape index (κ2) is 4.47. The molecule has 1 aromatic carbocycles. The van der Waals surface area contributed by atoms with E-state index in [2.05, 4.69) is 10.2 Å². The van der Waals surface area contributed by atoms with Crippen molar-refractivity contribution in [3.05, 3.63) is 41.3 Å². The van der Waals surface area contributed by atoms with Crippen LogP contribution in [-0.2, 0) is 6.61 Å². The molecule has 2 rings (SSSR count). The van der Waals surface area contributed by atoms with Crippen LogP contribution in [0, 0.1) is 12.7 Å². The van der Waals surface area contributed by atoms with Gasteiger partial charge >= 0.3 is 0 Å². The molecule has 0 bridgehead atoms. The van der Waals surface area contributed by atoms with Gasteiger partial charge in [-0.05, 0) is 25.1 Å². The molecule has 4 nitrogen and oxygen atoms in total. The smallest absolute Gasteiger partial charge is 0.132 e. The molecule has 5 heteroatoms. The molecule has 0 aliphatic heterocycles. The van der Waals surface area contributed by atoms with Gasteiger partial charge in [-0.2, -0.15) is 5.10 Å². The zero-order valence-corrected chi connectivity index (χ0v) is 9.31. The van der Waals surface area contributed by atoms with E-state index in [4.69, 9.17) is 10.8 Å². The summed E-state index contributed by atoms with van der Waals surface area (Å²) in [5.74, 6) is -0.374. The average molecular weight is 233 g/mol. The van der Waals surface area contributed by atoms with Gasteiger partial charge in [-0.3, -0.25) is 0 Å². The number of hydrogen-bond acceptors (Lipinski definition) is 4. The van der Waals surface area contributed by atoms with E-state index in [0.29, 0.717) is 22.6 Å². The van der Waals surface area contributed by atoms with Crippen molar-refractivity contribution in [1.29, 1.82) is 0 Å². The minimum Gasteiger partial charge on any atom is -0.397 e. The quantitative estimate of drug-likeness (QED) is 0.827. The van der Waals surface area contributed by atoms with Crippen LogP contribution in [0.1, 0.15) is 11.3 Å². The summed E-state index contributed by atoms with van der Waals surface area (Å²) in [6.07, 6.45) is 0. The first-order chi connectivity index (χ1) is 8.11. The summed E-state index contributed by atoms with van der Waals surface area (Å²) < 4.78 is 13.6. The molecule has 3 N–H and O–H groups in total. The number of aliphatic hydroxyl groups excluding tert-OH is 1. The molecule has 0 aliphatic carbocycles. The highest BCUT2D eigenvalue weighted by Gasteiger charge is 2.09. The highest BCUT2D eigenvalue weighted by molar-refractivity contribution is 5.64. The largest absolute Gasteiger partial charge is 0.397 e. The lowest BCUT2D eigenvalue weighted by Crippen LogP contribution is -2.02. The molecule has 1 heterocycles. The second-order valence-corrected chi connectivity index (χ2v) is 3.77. The average Bonchev–Trinajstić information content (AvgIpc) is 2.32. The number of hydrogen-bond donors (Lipinski definition) is 2. The van der Waals surface area contributed by atoms with Gasteiger partial charge in [-0.1, -0.05) is 11.6 Å². The number of aromatic nitrogens is 2. The number of anilines is 1. The van der Waals surface area contributed by atoms with Crippen molar-refractivity contribution in [2.75, 3.05) is 5.73 Å². The van der Waals surface area contributed by atoms with Crippen molar-refractivity contribution >= 4 is 5.69 Å². The van der Waals surface area contributed by atoms with E-state index in [1.807, 2.05) is 6.92 Å². The van der Waals surface area contributed by atoms with Gasteiger partial charge in [0.25, 0.3) is 0 Å². The fourth-order valence-corrected chi connectivity index (χ4v) is 1.52. The van der Waals surface area contributed by atoms with Gasteiger partial charge < -0.3 is 10.8 Å². The summed E-state index contributed by atoms with van der Waals surface area (Å²) in [5, 5.41) is 16.5. The Hall–Kier alpha value is -2.01. The molecule has 0 saturated heterocycles. The minimum atomic E-state index is -0.374. The first-order valence-corrected chi connectivity index (χ1v) is 5.11. The highest BCUT2D eigenvalue weighted by atomic mass is 19.1. The number of nitrogen functional groups attached to an aromatic ring is 1. The van der Waals surface area contributed by atoms with Crippen molar-refractivity contribution in [1.82, 2.24) is 10.2 Å². The molecule has 0 radical (unpaired) electrons. The molecule has 1 aromatic heterocycles. The lowest BCUT2D eigenvalue weighted by atomic mass is 10.1. The molecule has 17 heavy (non-hydrogen) atoms. The Morgan fingerprint density at radius 2 is 2.06 bits per heavy atom. The third-order valence-corrected chi connectivity index (χ3v) is 2.45. The van der Waals surface area contributed by atoms with E-state index >= 15 is 0 Å². The predicted octanol–water partition coefficient (Wildman–Crippen LogP) is 1.67. The zero-order valence-electron chi connectivity index (χ0n) is 9.31. The van der Waals surface area contributed by atoms with Crippen LogP contribution in [0.25, 0.3) is 11.3 Å². The number of nitrogens with two attached hydrogens (primary N) is 1.